The molecule has 2 aromatic rings. The first-order valence-corrected chi connectivity index (χ1v) is 9.67. The lowest BCUT2D eigenvalue weighted by Crippen LogP contribution is -2.21. The number of ether oxygens (including phenoxy) is 1. The number of fused-ring (bicyclic) bond motifs is 1. The zero-order chi connectivity index (χ0) is 19.6. The summed E-state index contributed by atoms with van der Waals surface area (Å²) < 4.78 is 4.95. The second-order valence-electron chi connectivity index (χ2n) is 6.40. The van der Waals surface area contributed by atoms with Crippen LogP contribution in [0.2, 0.25) is 0 Å². The van der Waals surface area contributed by atoms with Crippen LogP contribution >= 0.6 is 23.6 Å². The van der Waals surface area contributed by atoms with Crippen molar-refractivity contribution in [3.63, 3.8) is 0 Å². The molecule has 2 N–H and O–H groups in total. The molecule has 1 aliphatic rings. The van der Waals surface area contributed by atoms with Gasteiger partial charge in [-0.3, -0.25) is 10.1 Å². The Kier molecular flexibility index (Phi) is 5.71. The number of methoxy groups -OCH3 is 1. The van der Waals surface area contributed by atoms with Gasteiger partial charge in [-0.2, -0.15) is 0 Å². The number of benzene rings is 1. The number of hydrogen-bond donors (Lipinski definition) is 2. The fraction of sp³-hybridized carbons (Fsp3) is 0.333. The Bertz CT molecular complexity index is 910. The largest absolute Gasteiger partial charge is 0.465 e. The highest BCUT2D eigenvalue weighted by atomic mass is 32.1. The predicted molar refractivity (Wildman–Crippen MR) is 110 cm³/mol. The summed E-state index contributed by atoms with van der Waals surface area (Å²) in [5.41, 5.74) is 1.74. The van der Waals surface area contributed by atoms with Crippen LogP contribution in [0.4, 0.5) is 16.4 Å². The van der Waals surface area contributed by atoms with Crippen LogP contribution in [0.3, 0.4) is 0 Å². The third-order valence-corrected chi connectivity index (χ3v) is 5.85. The van der Waals surface area contributed by atoms with Gasteiger partial charge in [0.25, 0.3) is 5.69 Å². The molecule has 1 aromatic carbocycles. The van der Waals surface area contributed by atoms with Crippen molar-refractivity contribution < 1.29 is 14.5 Å². The summed E-state index contributed by atoms with van der Waals surface area (Å²) in [4.78, 5) is 24.2. The predicted octanol–water partition coefficient (Wildman–Crippen LogP) is 4.38. The molecule has 142 valence electrons. The number of nitro groups is 1. The Hall–Kier alpha value is -2.52. The van der Waals surface area contributed by atoms with Gasteiger partial charge in [0.2, 0.25) is 0 Å². The maximum Gasteiger partial charge on any atom is 0.341 e. The first-order valence-electron chi connectivity index (χ1n) is 8.45. The molecule has 0 amide bonds. The standard InChI is InChI=1S/C18H19N3O4S2/c1-10-7-8-11-14(9-10)27-16(15(11)17(22)25-2)20-18(26)19-12-5-3-4-6-13(12)21(23)24/h3-6,10H,7-9H2,1-2H3,(H2,19,20,26). The second-order valence-corrected chi connectivity index (χ2v) is 7.91. The third-order valence-electron chi connectivity index (χ3n) is 4.48. The van der Waals surface area contributed by atoms with Crippen molar-refractivity contribution in [3.05, 3.63) is 50.4 Å². The molecular formula is C18H19N3O4S2. The fourth-order valence-corrected chi connectivity index (χ4v) is 4.83. The van der Waals surface area contributed by atoms with Gasteiger partial charge in [-0.15, -0.1) is 11.3 Å². The Morgan fingerprint density at radius 1 is 1.37 bits per heavy atom. The van der Waals surface area contributed by atoms with Crippen LogP contribution in [0, 0.1) is 16.0 Å². The molecule has 7 nitrogen and oxygen atoms in total. The highest BCUT2D eigenvalue weighted by Crippen LogP contribution is 2.40. The first-order chi connectivity index (χ1) is 12.9. The average molecular weight is 406 g/mol. The Morgan fingerprint density at radius 2 is 2.11 bits per heavy atom. The van der Waals surface area contributed by atoms with Crippen molar-refractivity contribution in [2.75, 3.05) is 17.7 Å². The summed E-state index contributed by atoms with van der Waals surface area (Å²) in [7, 11) is 1.35. The van der Waals surface area contributed by atoms with E-state index in [1.54, 1.807) is 18.2 Å². The summed E-state index contributed by atoms with van der Waals surface area (Å²) in [6.45, 7) is 2.19. The van der Waals surface area contributed by atoms with Gasteiger partial charge >= 0.3 is 5.97 Å². The summed E-state index contributed by atoms with van der Waals surface area (Å²) in [5.74, 6) is 0.157. The van der Waals surface area contributed by atoms with Crippen LogP contribution in [0.15, 0.2) is 24.3 Å². The molecule has 0 bridgehead atoms. The number of para-hydroxylation sites is 2. The molecule has 0 saturated heterocycles. The molecule has 1 aromatic heterocycles. The van der Waals surface area contributed by atoms with Crippen molar-refractivity contribution >= 4 is 51.0 Å². The van der Waals surface area contributed by atoms with Gasteiger partial charge in [0, 0.05) is 10.9 Å². The minimum atomic E-state index is -0.476. The Labute approximate surface area is 165 Å². The fourth-order valence-electron chi connectivity index (χ4n) is 3.15. The topological polar surface area (TPSA) is 93.5 Å². The van der Waals surface area contributed by atoms with E-state index in [-0.39, 0.29) is 16.5 Å². The molecule has 3 rings (SSSR count). The zero-order valence-electron chi connectivity index (χ0n) is 14.9. The number of nitrogens with zero attached hydrogens (tertiary/aromatic N) is 1. The number of rotatable bonds is 4. The lowest BCUT2D eigenvalue weighted by Gasteiger charge is -2.18. The molecule has 0 fully saturated rings. The lowest BCUT2D eigenvalue weighted by atomic mass is 9.88. The van der Waals surface area contributed by atoms with E-state index in [1.165, 1.54) is 24.5 Å². The number of anilines is 2. The number of nitrogens with one attached hydrogen (secondary N) is 2. The Balaban J connectivity index is 1.86. The van der Waals surface area contributed by atoms with Gasteiger partial charge in [0.15, 0.2) is 5.11 Å². The van der Waals surface area contributed by atoms with Gasteiger partial charge < -0.3 is 15.4 Å². The van der Waals surface area contributed by atoms with E-state index in [2.05, 4.69) is 17.6 Å². The maximum absolute atomic E-state index is 12.3. The molecule has 9 heteroatoms. The van der Waals surface area contributed by atoms with Crippen LogP contribution < -0.4 is 10.6 Å². The number of thiophene rings is 1. The summed E-state index contributed by atoms with van der Waals surface area (Å²) in [6.07, 6.45) is 2.76. The number of esters is 1. The molecule has 0 radical (unpaired) electrons. The molecular weight excluding hydrogens is 386 g/mol. The van der Waals surface area contributed by atoms with E-state index in [0.717, 1.165) is 29.7 Å². The van der Waals surface area contributed by atoms with Gasteiger partial charge in [-0.05, 0) is 49.0 Å². The number of carbonyl (C=O) groups is 1. The van der Waals surface area contributed by atoms with Crippen molar-refractivity contribution in [2.45, 2.75) is 26.2 Å². The van der Waals surface area contributed by atoms with Crippen LogP contribution in [-0.4, -0.2) is 23.1 Å². The quantitative estimate of drug-likeness (QED) is 0.337. The van der Waals surface area contributed by atoms with Gasteiger partial charge in [0.05, 0.1) is 17.6 Å². The normalized spacial score (nSPS) is 15.6. The maximum atomic E-state index is 12.3. The summed E-state index contributed by atoms with van der Waals surface area (Å²) in [5, 5.41) is 17.8. The van der Waals surface area contributed by atoms with Crippen LogP contribution in [0.25, 0.3) is 0 Å². The number of carbonyl (C=O) groups excluding carboxylic acids is 1. The van der Waals surface area contributed by atoms with Gasteiger partial charge in [-0.25, -0.2) is 4.79 Å². The van der Waals surface area contributed by atoms with Crippen molar-refractivity contribution in [1.82, 2.24) is 0 Å². The molecule has 1 heterocycles. The van der Waals surface area contributed by atoms with Crippen LogP contribution in [0.5, 0.6) is 0 Å². The molecule has 0 aliphatic heterocycles. The smallest absolute Gasteiger partial charge is 0.341 e. The molecule has 0 saturated carbocycles. The van der Waals surface area contributed by atoms with E-state index in [9.17, 15) is 14.9 Å². The minimum absolute atomic E-state index is 0.0749. The van der Waals surface area contributed by atoms with E-state index in [0.29, 0.717) is 16.5 Å². The Morgan fingerprint density at radius 3 is 2.81 bits per heavy atom. The SMILES string of the molecule is COC(=O)c1c(NC(=S)Nc2ccccc2[N+](=O)[O-])sc2c1CCC(C)C2. The molecule has 1 atom stereocenters. The highest BCUT2D eigenvalue weighted by Gasteiger charge is 2.28. The van der Waals surface area contributed by atoms with Crippen molar-refractivity contribution in [1.29, 1.82) is 0 Å². The lowest BCUT2D eigenvalue weighted by molar-refractivity contribution is -0.383. The van der Waals surface area contributed by atoms with E-state index in [4.69, 9.17) is 17.0 Å². The first kappa shape index (κ1) is 19.2. The van der Waals surface area contributed by atoms with Crippen LogP contribution in [0.1, 0.15) is 34.1 Å². The van der Waals surface area contributed by atoms with Crippen molar-refractivity contribution in [2.24, 2.45) is 5.92 Å². The van der Waals surface area contributed by atoms with E-state index < -0.39 is 10.9 Å². The average Bonchev–Trinajstić information content (AvgIpc) is 2.97. The van der Waals surface area contributed by atoms with E-state index >= 15 is 0 Å². The second kappa shape index (κ2) is 8.01. The minimum Gasteiger partial charge on any atom is -0.465 e. The van der Waals surface area contributed by atoms with Gasteiger partial charge in [-0.1, -0.05) is 19.1 Å². The molecule has 1 aliphatic carbocycles. The number of hydrogen-bond acceptors (Lipinski definition) is 6. The monoisotopic (exact) mass is 405 g/mol. The third kappa shape index (κ3) is 4.09. The summed E-state index contributed by atoms with van der Waals surface area (Å²) >= 11 is 6.81. The molecule has 0 spiro atoms. The number of thiocarbonyl (C=S) groups is 1. The van der Waals surface area contributed by atoms with Gasteiger partial charge in [0.1, 0.15) is 10.7 Å². The summed E-state index contributed by atoms with van der Waals surface area (Å²) in [6, 6.07) is 6.25. The number of nitro benzene ring substituents is 1. The van der Waals surface area contributed by atoms with Crippen molar-refractivity contribution in [3.8, 4) is 0 Å². The van der Waals surface area contributed by atoms with E-state index in [1.807, 2.05) is 0 Å². The highest BCUT2D eigenvalue weighted by molar-refractivity contribution is 7.80. The van der Waals surface area contributed by atoms with Crippen LogP contribution in [-0.2, 0) is 17.6 Å². The molecule has 27 heavy (non-hydrogen) atoms. The molecule has 1 unspecified atom stereocenters. The zero-order valence-corrected chi connectivity index (χ0v) is 16.5.